The highest BCUT2D eigenvalue weighted by atomic mass is 16.9. The van der Waals surface area contributed by atoms with Gasteiger partial charge in [-0.1, -0.05) is 0 Å². The van der Waals surface area contributed by atoms with Gasteiger partial charge in [0.1, 0.15) is 6.61 Å². The van der Waals surface area contributed by atoms with Crippen LogP contribution < -0.4 is 11.1 Å². The first kappa shape index (κ1) is 18.7. The Balaban J connectivity index is 0. The van der Waals surface area contributed by atoms with Crippen LogP contribution in [-0.2, 0) is 19.2 Å². The van der Waals surface area contributed by atoms with Crippen molar-refractivity contribution < 1.29 is 34.5 Å². The number of nitrogens with two attached hydrogens (primary N) is 1. The van der Waals surface area contributed by atoms with Gasteiger partial charge < -0.3 is 26.1 Å². The molecule has 0 saturated carbocycles. The number of nitrogens with one attached hydrogen (secondary N) is 1. The Bertz CT molecular complexity index is 338. The Morgan fingerprint density at radius 1 is 1.26 bits per heavy atom. The molecule has 0 aliphatic heterocycles. The molecule has 0 radical (unpaired) electrons. The molecule has 0 aliphatic carbocycles. The first-order chi connectivity index (χ1) is 8.79. The summed E-state index contributed by atoms with van der Waals surface area (Å²) in [6, 6.07) is 0. The second-order valence-electron chi connectivity index (χ2n) is 2.62. The minimum atomic E-state index is -1.26. The molecule has 0 heterocycles. The van der Waals surface area contributed by atoms with E-state index in [1.165, 1.54) is 0 Å². The Morgan fingerprint density at radius 3 is 2.05 bits per heavy atom. The Kier molecular flexibility index (Phi) is 11.6. The van der Waals surface area contributed by atoms with Crippen LogP contribution in [0.4, 0.5) is 0 Å². The summed E-state index contributed by atoms with van der Waals surface area (Å²) < 4.78 is 0. The average molecular weight is 279 g/mol. The van der Waals surface area contributed by atoms with E-state index in [4.69, 9.17) is 15.9 Å². The summed E-state index contributed by atoms with van der Waals surface area (Å²) in [6.45, 7) is -0.186. The third-order valence-corrected chi connectivity index (χ3v) is 1.17. The van der Waals surface area contributed by atoms with Crippen LogP contribution in [0.2, 0.25) is 0 Å². The fraction of sp³-hybridized carbons (Fsp3) is 0.375. The number of carboxylic acid groups (broad SMARTS) is 2. The second kappa shape index (κ2) is 11.8. The molecular weight excluding hydrogens is 266 g/mol. The molecule has 0 rings (SSSR count). The van der Waals surface area contributed by atoms with E-state index < -0.39 is 17.0 Å². The van der Waals surface area contributed by atoms with Crippen molar-refractivity contribution in [1.82, 2.24) is 5.32 Å². The van der Waals surface area contributed by atoms with Crippen molar-refractivity contribution in [2.24, 2.45) is 5.73 Å². The standard InChI is InChI=1S/C4H9N3O4.C4H4O4/c5-3-4(8)6-1-2-11-7(9)10;5-3(6)1-2-4(7)8/h1-3,5H2,(H,6,8);1-2H,(H,5,6)(H,7,8). The quantitative estimate of drug-likeness (QED) is 0.177. The molecule has 0 aliphatic rings. The Morgan fingerprint density at radius 2 is 1.74 bits per heavy atom. The van der Waals surface area contributed by atoms with Gasteiger partial charge in [-0.15, -0.1) is 10.1 Å². The van der Waals surface area contributed by atoms with Crippen LogP contribution in [0.1, 0.15) is 0 Å². The van der Waals surface area contributed by atoms with E-state index in [0.29, 0.717) is 12.2 Å². The smallest absolute Gasteiger partial charge is 0.328 e. The van der Waals surface area contributed by atoms with Gasteiger partial charge >= 0.3 is 11.9 Å². The van der Waals surface area contributed by atoms with Gasteiger partial charge in [0, 0.05) is 18.7 Å². The van der Waals surface area contributed by atoms with E-state index in [1.54, 1.807) is 0 Å². The Hall–Kier alpha value is -2.69. The molecule has 0 unspecified atom stereocenters. The maximum absolute atomic E-state index is 10.4. The van der Waals surface area contributed by atoms with Crippen molar-refractivity contribution in [3.05, 3.63) is 22.3 Å². The van der Waals surface area contributed by atoms with Crippen molar-refractivity contribution in [1.29, 1.82) is 0 Å². The summed E-state index contributed by atoms with van der Waals surface area (Å²) in [5.41, 5.74) is 4.93. The van der Waals surface area contributed by atoms with Crippen molar-refractivity contribution in [3.63, 3.8) is 0 Å². The molecule has 0 saturated heterocycles. The highest BCUT2D eigenvalue weighted by molar-refractivity contribution is 5.89. The summed E-state index contributed by atoms with van der Waals surface area (Å²) in [5.74, 6) is -2.88. The van der Waals surface area contributed by atoms with Crippen molar-refractivity contribution in [3.8, 4) is 0 Å². The fourth-order valence-electron chi connectivity index (χ4n) is 0.525. The highest BCUT2D eigenvalue weighted by Crippen LogP contribution is 1.72. The van der Waals surface area contributed by atoms with Crippen molar-refractivity contribution in [2.45, 2.75) is 0 Å². The number of hydrogen-bond donors (Lipinski definition) is 4. The number of carbonyl (C=O) groups excluding carboxylic acids is 1. The largest absolute Gasteiger partial charge is 0.478 e. The lowest BCUT2D eigenvalue weighted by Crippen LogP contribution is -2.33. The molecule has 0 bridgehead atoms. The number of nitrogens with zero attached hydrogens (tertiary/aromatic N) is 1. The van der Waals surface area contributed by atoms with E-state index in [-0.39, 0.29) is 25.6 Å². The SMILES string of the molecule is NCC(=O)NCCO[N+](=O)[O-].O=C(O)C=CC(=O)O. The minimum absolute atomic E-state index is 0.0943. The molecular formula is C8H13N3O8. The lowest BCUT2D eigenvalue weighted by Gasteiger charge is -2.00. The molecule has 0 aromatic heterocycles. The zero-order valence-corrected chi connectivity index (χ0v) is 9.64. The van der Waals surface area contributed by atoms with Gasteiger partial charge in [0.05, 0.1) is 6.54 Å². The van der Waals surface area contributed by atoms with Gasteiger partial charge in [0.25, 0.3) is 5.09 Å². The molecule has 1 amide bonds. The zero-order valence-electron chi connectivity index (χ0n) is 9.64. The van der Waals surface area contributed by atoms with Crippen LogP contribution >= 0.6 is 0 Å². The Labute approximate surface area is 106 Å². The second-order valence-corrected chi connectivity index (χ2v) is 2.62. The van der Waals surface area contributed by atoms with Crippen LogP contribution in [0.3, 0.4) is 0 Å². The number of aliphatic carboxylic acids is 2. The summed E-state index contributed by atoms with van der Waals surface area (Å²) in [5, 5.41) is 26.6. The highest BCUT2D eigenvalue weighted by Gasteiger charge is 1.97. The van der Waals surface area contributed by atoms with Crippen LogP contribution in [0.5, 0.6) is 0 Å². The molecule has 0 aromatic carbocycles. The van der Waals surface area contributed by atoms with E-state index in [2.05, 4.69) is 10.2 Å². The predicted octanol–water partition coefficient (Wildman–Crippen LogP) is -2.02. The summed E-state index contributed by atoms with van der Waals surface area (Å²) in [4.78, 5) is 43.0. The third-order valence-electron chi connectivity index (χ3n) is 1.17. The minimum Gasteiger partial charge on any atom is -0.478 e. The number of amides is 1. The van der Waals surface area contributed by atoms with Crippen LogP contribution in [0.25, 0.3) is 0 Å². The fourth-order valence-corrected chi connectivity index (χ4v) is 0.525. The molecule has 11 heteroatoms. The van der Waals surface area contributed by atoms with Gasteiger partial charge in [-0.05, 0) is 0 Å². The van der Waals surface area contributed by atoms with Crippen molar-refractivity contribution in [2.75, 3.05) is 19.7 Å². The van der Waals surface area contributed by atoms with E-state index in [1.807, 2.05) is 0 Å². The van der Waals surface area contributed by atoms with Gasteiger partial charge in [-0.3, -0.25) is 4.79 Å². The molecule has 0 atom stereocenters. The van der Waals surface area contributed by atoms with Crippen LogP contribution in [0.15, 0.2) is 12.2 Å². The molecule has 0 spiro atoms. The maximum Gasteiger partial charge on any atom is 0.328 e. The summed E-state index contributed by atoms with van der Waals surface area (Å²) >= 11 is 0. The molecule has 5 N–H and O–H groups in total. The molecule has 0 aromatic rings. The molecule has 11 nitrogen and oxygen atoms in total. The van der Waals surface area contributed by atoms with E-state index in [9.17, 15) is 24.5 Å². The topological polar surface area (TPSA) is 182 Å². The van der Waals surface area contributed by atoms with E-state index in [0.717, 1.165) is 0 Å². The molecule has 0 fully saturated rings. The summed E-state index contributed by atoms with van der Waals surface area (Å²) in [7, 11) is 0. The van der Waals surface area contributed by atoms with Crippen LogP contribution in [-0.4, -0.2) is 52.8 Å². The number of carboxylic acids is 2. The van der Waals surface area contributed by atoms with Crippen molar-refractivity contribution >= 4 is 17.8 Å². The number of rotatable bonds is 7. The number of carbonyl (C=O) groups is 3. The first-order valence-corrected chi connectivity index (χ1v) is 4.67. The monoisotopic (exact) mass is 279 g/mol. The summed E-state index contributed by atoms with van der Waals surface area (Å²) in [6.07, 6.45) is 1.12. The maximum atomic E-state index is 10.4. The average Bonchev–Trinajstić information content (AvgIpc) is 2.32. The number of hydrogen-bond acceptors (Lipinski definition) is 7. The van der Waals surface area contributed by atoms with Gasteiger partial charge in [-0.25, -0.2) is 9.59 Å². The van der Waals surface area contributed by atoms with Crippen LogP contribution in [0, 0.1) is 10.1 Å². The van der Waals surface area contributed by atoms with Gasteiger partial charge in [0.15, 0.2) is 0 Å². The molecule has 108 valence electrons. The lowest BCUT2D eigenvalue weighted by molar-refractivity contribution is -0.757. The lowest BCUT2D eigenvalue weighted by atomic mass is 10.5. The van der Waals surface area contributed by atoms with E-state index >= 15 is 0 Å². The van der Waals surface area contributed by atoms with Gasteiger partial charge in [0.2, 0.25) is 5.91 Å². The normalized spacial score (nSPS) is 9.11. The van der Waals surface area contributed by atoms with Gasteiger partial charge in [-0.2, -0.15) is 0 Å². The third kappa shape index (κ3) is 21.2. The first-order valence-electron chi connectivity index (χ1n) is 4.67. The zero-order chi connectivity index (χ0) is 15.3. The molecule has 19 heavy (non-hydrogen) atoms. The predicted molar refractivity (Wildman–Crippen MR) is 59.4 cm³/mol.